The fraction of sp³-hybridized carbons (Fsp3) is 0.550. The predicted octanol–water partition coefficient (Wildman–Crippen LogP) is 2.95. The summed E-state index contributed by atoms with van der Waals surface area (Å²) in [4.78, 5) is 37.6. The summed E-state index contributed by atoms with van der Waals surface area (Å²) in [5.41, 5.74) is 1.84. The van der Waals surface area contributed by atoms with E-state index in [0.717, 1.165) is 6.42 Å². The van der Waals surface area contributed by atoms with Crippen molar-refractivity contribution in [2.45, 2.75) is 52.0 Å². The van der Waals surface area contributed by atoms with Crippen LogP contribution >= 0.6 is 0 Å². The molecule has 1 aliphatic rings. The maximum absolute atomic E-state index is 12.2. The Morgan fingerprint density at radius 2 is 1.73 bits per heavy atom. The topological polar surface area (TPSA) is 75.7 Å². The van der Waals surface area contributed by atoms with Gasteiger partial charge >= 0.3 is 6.09 Å². The molecule has 1 aliphatic heterocycles. The molecule has 142 valence electrons. The molecule has 1 N–H and O–H groups in total. The van der Waals surface area contributed by atoms with Gasteiger partial charge in [-0.25, -0.2) is 4.79 Å². The van der Waals surface area contributed by atoms with Crippen LogP contribution in [0.2, 0.25) is 0 Å². The Bertz CT molecular complexity index is 619. The Hall–Kier alpha value is -2.37. The van der Waals surface area contributed by atoms with Crippen LogP contribution in [0.25, 0.3) is 0 Å². The van der Waals surface area contributed by atoms with Crippen LogP contribution < -0.4 is 5.32 Å². The molecule has 1 heterocycles. The van der Waals surface area contributed by atoms with Crippen molar-refractivity contribution >= 4 is 17.8 Å². The number of benzene rings is 1. The number of piperidine rings is 1. The molecule has 0 spiro atoms. The molecule has 6 heteroatoms. The second-order valence-electron chi connectivity index (χ2n) is 6.50. The highest BCUT2D eigenvalue weighted by atomic mass is 16.6. The van der Waals surface area contributed by atoms with E-state index < -0.39 is 0 Å². The van der Waals surface area contributed by atoms with Gasteiger partial charge < -0.3 is 15.0 Å². The van der Waals surface area contributed by atoms with Gasteiger partial charge in [-0.3, -0.25) is 9.59 Å². The standard InChI is InChI=1S/C20H28N2O4/c1-3-15-5-7-16(8-6-15)18(23)9-10-19(24)21-17-11-13-22(14-12-17)20(25)26-4-2/h5-8,17H,3-4,9-14H2,1-2H3,(H,21,24). The molecule has 1 fully saturated rings. The van der Waals surface area contributed by atoms with E-state index in [0.29, 0.717) is 38.1 Å². The Labute approximate surface area is 154 Å². The van der Waals surface area contributed by atoms with Gasteiger partial charge in [0.1, 0.15) is 0 Å². The second-order valence-corrected chi connectivity index (χ2v) is 6.50. The van der Waals surface area contributed by atoms with Crippen LogP contribution in [-0.4, -0.2) is 48.4 Å². The minimum Gasteiger partial charge on any atom is -0.450 e. The normalized spacial score (nSPS) is 14.8. The summed E-state index contributed by atoms with van der Waals surface area (Å²) in [5.74, 6) is -0.127. The summed E-state index contributed by atoms with van der Waals surface area (Å²) < 4.78 is 4.98. The molecule has 1 saturated heterocycles. The van der Waals surface area contributed by atoms with E-state index in [-0.39, 0.29) is 36.7 Å². The number of Topliss-reactive ketones (excluding diaryl/α,β-unsaturated/α-hetero) is 1. The quantitative estimate of drug-likeness (QED) is 0.759. The van der Waals surface area contributed by atoms with Crippen LogP contribution in [0.15, 0.2) is 24.3 Å². The van der Waals surface area contributed by atoms with Crippen molar-refractivity contribution in [2.75, 3.05) is 19.7 Å². The van der Waals surface area contributed by atoms with Crippen LogP contribution in [0, 0.1) is 0 Å². The molecule has 0 radical (unpaired) electrons. The predicted molar refractivity (Wildman–Crippen MR) is 99.1 cm³/mol. The Balaban J connectivity index is 1.70. The first-order valence-electron chi connectivity index (χ1n) is 9.36. The van der Waals surface area contributed by atoms with Gasteiger partial charge in [-0.15, -0.1) is 0 Å². The number of nitrogens with one attached hydrogen (secondary N) is 1. The fourth-order valence-corrected chi connectivity index (χ4v) is 3.02. The number of carbonyl (C=O) groups excluding carboxylic acids is 3. The van der Waals surface area contributed by atoms with E-state index in [1.807, 2.05) is 24.3 Å². The minimum absolute atomic E-state index is 0.0140. The van der Waals surface area contributed by atoms with E-state index in [1.54, 1.807) is 11.8 Å². The van der Waals surface area contributed by atoms with Gasteiger partial charge in [-0.05, 0) is 31.7 Å². The number of likely N-dealkylation sites (tertiary alicyclic amines) is 1. The number of ketones is 1. The summed E-state index contributed by atoms with van der Waals surface area (Å²) in [6.07, 6.45) is 2.45. The summed E-state index contributed by atoms with van der Waals surface area (Å²) >= 11 is 0. The molecule has 1 aromatic rings. The minimum atomic E-state index is -0.294. The Morgan fingerprint density at radius 1 is 1.08 bits per heavy atom. The molecule has 0 atom stereocenters. The average molecular weight is 360 g/mol. The van der Waals surface area contributed by atoms with Crippen molar-refractivity contribution in [2.24, 2.45) is 0 Å². The van der Waals surface area contributed by atoms with Crippen molar-refractivity contribution in [3.63, 3.8) is 0 Å². The van der Waals surface area contributed by atoms with Gasteiger partial charge in [0.05, 0.1) is 6.61 Å². The van der Waals surface area contributed by atoms with Crippen molar-refractivity contribution < 1.29 is 19.1 Å². The molecule has 6 nitrogen and oxygen atoms in total. The number of aryl methyl sites for hydroxylation is 1. The van der Waals surface area contributed by atoms with Crippen molar-refractivity contribution in [1.82, 2.24) is 10.2 Å². The maximum Gasteiger partial charge on any atom is 0.409 e. The first kappa shape index (κ1) is 19.9. The second kappa shape index (κ2) is 9.94. The lowest BCUT2D eigenvalue weighted by atomic mass is 10.0. The van der Waals surface area contributed by atoms with Gasteiger partial charge in [-0.1, -0.05) is 31.2 Å². The molecule has 2 rings (SSSR count). The first-order valence-corrected chi connectivity index (χ1v) is 9.36. The number of rotatable bonds is 7. The molecule has 0 aliphatic carbocycles. The van der Waals surface area contributed by atoms with Crippen molar-refractivity contribution in [1.29, 1.82) is 0 Å². The summed E-state index contributed by atoms with van der Waals surface area (Å²) in [5, 5.41) is 2.97. The molecular formula is C20H28N2O4. The number of ether oxygens (including phenoxy) is 1. The molecule has 1 aromatic carbocycles. The van der Waals surface area contributed by atoms with Gasteiger partial charge in [0.2, 0.25) is 5.91 Å². The average Bonchev–Trinajstić information content (AvgIpc) is 2.67. The summed E-state index contributed by atoms with van der Waals surface area (Å²) in [6, 6.07) is 7.59. The van der Waals surface area contributed by atoms with Gasteiger partial charge in [0, 0.05) is 37.5 Å². The highest BCUT2D eigenvalue weighted by Crippen LogP contribution is 2.13. The molecule has 2 amide bonds. The SMILES string of the molecule is CCOC(=O)N1CCC(NC(=O)CCC(=O)c2ccc(CC)cc2)CC1. The largest absolute Gasteiger partial charge is 0.450 e. The lowest BCUT2D eigenvalue weighted by Crippen LogP contribution is -2.46. The van der Waals surface area contributed by atoms with Gasteiger partial charge in [0.15, 0.2) is 5.78 Å². The Morgan fingerprint density at radius 3 is 2.31 bits per heavy atom. The molecule has 0 bridgehead atoms. The monoisotopic (exact) mass is 360 g/mol. The lowest BCUT2D eigenvalue weighted by Gasteiger charge is -2.31. The van der Waals surface area contributed by atoms with Crippen molar-refractivity contribution in [3.8, 4) is 0 Å². The van der Waals surface area contributed by atoms with E-state index in [9.17, 15) is 14.4 Å². The van der Waals surface area contributed by atoms with Gasteiger partial charge in [-0.2, -0.15) is 0 Å². The maximum atomic E-state index is 12.2. The van der Waals surface area contributed by atoms with Crippen LogP contribution in [0.1, 0.15) is 55.5 Å². The summed E-state index contributed by atoms with van der Waals surface area (Å²) in [7, 11) is 0. The Kier molecular flexibility index (Phi) is 7.63. The van der Waals surface area contributed by atoms with E-state index in [2.05, 4.69) is 12.2 Å². The molecule has 0 saturated carbocycles. The molecule has 26 heavy (non-hydrogen) atoms. The number of nitrogens with zero attached hydrogens (tertiary/aromatic N) is 1. The molecule has 0 unspecified atom stereocenters. The number of hydrogen-bond donors (Lipinski definition) is 1. The molecule has 0 aromatic heterocycles. The van der Waals surface area contributed by atoms with E-state index in [4.69, 9.17) is 4.74 Å². The third-order valence-electron chi connectivity index (χ3n) is 4.65. The van der Waals surface area contributed by atoms with Gasteiger partial charge in [0.25, 0.3) is 0 Å². The fourth-order valence-electron chi connectivity index (χ4n) is 3.02. The zero-order valence-corrected chi connectivity index (χ0v) is 15.6. The van der Waals surface area contributed by atoms with E-state index >= 15 is 0 Å². The van der Waals surface area contributed by atoms with Crippen LogP contribution in [0.3, 0.4) is 0 Å². The zero-order valence-electron chi connectivity index (χ0n) is 15.6. The van der Waals surface area contributed by atoms with Crippen LogP contribution in [0.5, 0.6) is 0 Å². The third kappa shape index (κ3) is 5.86. The molecular weight excluding hydrogens is 332 g/mol. The first-order chi connectivity index (χ1) is 12.5. The highest BCUT2D eigenvalue weighted by molar-refractivity contribution is 5.98. The highest BCUT2D eigenvalue weighted by Gasteiger charge is 2.24. The smallest absolute Gasteiger partial charge is 0.409 e. The number of hydrogen-bond acceptors (Lipinski definition) is 4. The number of amides is 2. The number of carbonyl (C=O) groups is 3. The zero-order chi connectivity index (χ0) is 18.9. The van der Waals surface area contributed by atoms with Crippen LogP contribution in [0.4, 0.5) is 4.79 Å². The van der Waals surface area contributed by atoms with Crippen molar-refractivity contribution in [3.05, 3.63) is 35.4 Å². The summed E-state index contributed by atoms with van der Waals surface area (Å²) in [6.45, 7) is 5.37. The lowest BCUT2D eigenvalue weighted by molar-refractivity contribution is -0.122. The van der Waals surface area contributed by atoms with E-state index in [1.165, 1.54) is 5.56 Å². The van der Waals surface area contributed by atoms with Crippen LogP contribution in [-0.2, 0) is 16.0 Å². The third-order valence-corrected chi connectivity index (χ3v) is 4.65.